The largest absolute Gasteiger partial charge is 0.388 e. The molecule has 7 heteroatoms. The second-order valence-corrected chi connectivity index (χ2v) is 5.30. The average Bonchev–Trinajstić information content (AvgIpc) is 3.03. The molecule has 2 aromatic carbocycles. The van der Waals surface area contributed by atoms with Crippen LogP contribution >= 0.6 is 11.6 Å². The molecule has 118 valence electrons. The van der Waals surface area contributed by atoms with E-state index in [0.29, 0.717) is 22.4 Å². The summed E-state index contributed by atoms with van der Waals surface area (Å²) in [5.74, 6) is 0.657. The number of rotatable bonds is 5. The lowest BCUT2D eigenvalue weighted by Crippen LogP contribution is -2.03. The number of hydrogen-bond acceptors (Lipinski definition) is 4. The SMILES string of the molecule is CNc1cccc(-c2n[nH]c(NCc3c(F)cccc3Cl)n2)c1. The highest BCUT2D eigenvalue weighted by Crippen LogP contribution is 2.22. The maximum Gasteiger partial charge on any atom is 0.219 e. The van der Waals surface area contributed by atoms with Gasteiger partial charge in [0, 0.05) is 35.4 Å². The molecule has 0 saturated carbocycles. The van der Waals surface area contributed by atoms with E-state index in [0.717, 1.165) is 11.3 Å². The van der Waals surface area contributed by atoms with Crippen LogP contribution in [0.5, 0.6) is 0 Å². The van der Waals surface area contributed by atoms with Crippen molar-refractivity contribution < 1.29 is 4.39 Å². The summed E-state index contributed by atoms with van der Waals surface area (Å²) in [6, 6.07) is 12.3. The Hall–Kier alpha value is -2.60. The highest BCUT2D eigenvalue weighted by molar-refractivity contribution is 6.31. The van der Waals surface area contributed by atoms with E-state index in [1.807, 2.05) is 31.3 Å². The van der Waals surface area contributed by atoms with E-state index in [4.69, 9.17) is 11.6 Å². The number of benzene rings is 2. The zero-order valence-electron chi connectivity index (χ0n) is 12.4. The summed E-state index contributed by atoms with van der Waals surface area (Å²) < 4.78 is 13.7. The zero-order chi connectivity index (χ0) is 16.2. The molecular weight excluding hydrogens is 317 g/mol. The van der Waals surface area contributed by atoms with Gasteiger partial charge in [-0.15, -0.1) is 0 Å². The third-order valence-electron chi connectivity index (χ3n) is 3.39. The van der Waals surface area contributed by atoms with Gasteiger partial charge in [-0.05, 0) is 24.3 Å². The van der Waals surface area contributed by atoms with Crippen LogP contribution in [0.4, 0.5) is 16.0 Å². The maximum absolute atomic E-state index is 13.7. The number of nitrogens with one attached hydrogen (secondary N) is 3. The second-order valence-electron chi connectivity index (χ2n) is 4.89. The van der Waals surface area contributed by atoms with Crippen molar-refractivity contribution in [2.75, 3.05) is 17.7 Å². The first-order valence-corrected chi connectivity index (χ1v) is 7.42. The third-order valence-corrected chi connectivity index (χ3v) is 3.74. The fourth-order valence-corrected chi connectivity index (χ4v) is 2.39. The van der Waals surface area contributed by atoms with E-state index in [-0.39, 0.29) is 12.4 Å². The number of halogens is 2. The Morgan fingerprint density at radius 1 is 1.22 bits per heavy atom. The molecule has 1 heterocycles. The van der Waals surface area contributed by atoms with Crippen LogP contribution in [0.25, 0.3) is 11.4 Å². The molecule has 0 fully saturated rings. The summed E-state index contributed by atoms with van der Waals surface area (Å²) in [4.78, 5) is 4.36. The molecular formula is C16H15ClFN5. The van der Waals surface area contributed by atoms with Gasteiger partial charge in [-0.1, -0.05) is 29.8 Å². The molecule has 0 saturated heterocycles. The lowest BCUT2D eigenvalue weighted by molar-refractivity contribution is 0.613. The number of aromatic nitrogens is 3. The van der Waals surface area contributed by atoms with Gasteiger partial charge in [0.1, 0.15) is 5.82 Å². The highest BCUT2D eigenvalue weighted by atomic mass is 35.5. The molecule has 0 unspecified atom stereocenters. The molecule has 0 aliphatic rings. The van der Waals surface area contributed by atoms with Crippen molar-refractivity contribution in [3.8, 4) is 11.4 Å². The van der Waals surface area contributed by atoms with Crippen LogP contribution in [-0.4, -0.2) is 22.2 Å². The molecule has 23 heavy (non-hydrogen) atoms. The predicted octanol–water partition coefficient (Wildman–Crippen LogP) is 3.92. The zero-order valence-corrected chi connectivity index (χ0v) is 13.2. The van der Waals surface area contributed by atoms with E-state index in [9.17, 15) is 4.39 Å². The van der Waals surface area contributed by atoms with Crippen LogP contribution in [0.15, 0.2) is 42.5 Å². The summed E-state index contributed by atoms with van der Waals surface area (Å²) in [7, 11) is 1.85. The predicted molar refractivity (Wildman–Crippen MR) is 90.1 cm³/mol. The molecule has 0 spiro atoms. The molecule has 3 N–H and O–H groups in total. The lowest BCUT2D eigenvalue weighted by Gasteiger charge is -2.06. The monoisotopic (exact) mass is 331 g/mol. The van der Waals surface area contributed by atoms with Gasteiger partial charge in [0.15, 0.2) is 5.82 Å². The fraction of sp³-hybridized carbons (Fsp3) is 0.125. The van der Waals surface area contributed by atoms with Crippen molar-refractivity contribution in [1.82, 2.24) is 15.2 Å². The Morgan fingerprint density at radius 3 is 2.83 bits per heavy atom. The quantitative estimate of drug-likeness (QED) is 0.663. The van der Waals surface area contributed by atoms with Crippen LogP contribution in [0, 0.1) is 5.82 Å². The second kappa shape index (κ2) is 6.66. The molecule has 3 aromatic rings. The minimum absolute atomic E-state index is 0.219. The Bertz CT molecular complexity index is 797. The molecule has 0 bridgehead atoms. The van der Waals surface area contributed by atoms with Gasteiger partial charge in [-0.3, -0.25) is 0 Å². The van der Waals surface area contributed by atoms with Crippen LogP contribution < -0.4 is 10.6 Å². The molecule has 1 aromatic heterocycles. The first kappa shape index (κ1) is 15.3. The molecule has 3 rings (SSSR count). The smallest absolute Gasteiger partial charge is 0.219 e. The van der Waals surface area contributed by atoms with Crippen molar-refractivity contribution >= 4 is 23.2 Å². The van der Waals surface area contributed by atoms with E-state index in [1.165, 1.54) is 6.07 Å². The summed E-state index contributed by atoms with van der Waals surface area (Å²) in [6.07, 6.45) is 0. The first-order chi connectivity index (χ1) is 11.2. The molecule has 0 amide bonds. The minimum Gasteiger partial charge on any atom is -0.388 e. The normalized spacial score (nSPS) is 10.6. The van der Waals surface area contributed by atoms with E-state index in [2.05, 4.69) is 25.8 Å². The standard InChI is InChI=1S/C16H15ClFN5/c1-19-11-5-2-4-10(8-11)15-21-16(23-22-15)20-9-12-13(17)6-3-7-14(12)18/h2-8,19H,9H2,1H3,(H2,20,21,22,23). The van der Waals surface area contributed by atoms with Gasteiger partial charge in [0.25, 0.3) is 0 Å². The average molecular weight is 332 g/mol. The van der Waals surface area contributed by atoms with Crippen LogP contribution in [0.2, 0.25) is 5.02 Å². The van der Waals surface area contributed by atoms with Gasteiger partial charge in [-0.25, -0.2) is 9.49 Å². The van der Waals surface area contributed by atoms with Gasteiger partial charge < -0.3 is 10.6 Å². The van der Waals surface area contributed by atoms with Crippen molar-refractivity contribution in [3.63, 3.8) is 0 Å². The Labute approximate surface area is 137 Å². The van der Waals surface area contributed by atoms with E-state index < -0.39 is 0 Å². The number of anilines is 2. The third kappa shape index (κ3) is 3.43. The number of aromatic amines is 1. The van der Waals surface area contributed by atoms with Gasteiger partial charge in [0.2, 0.25) is 5.95 Å². The molecule has 0 radical (unpaired) electrons. The summed E-state index contributed by atoms with van der Waals surface area (Å²) >= 11 is 6.00. The maximum atomic E-state index is 13.7. The van der Waals surface area contributed by atoms with Crippen molar-refractivity contribution in [2.45, 2.75) is 6.54 Å². The van der Waals surface area contributed by atoms with Crippen LogP contribution in [0.3, 0.4) is 0 Å². The van der Waals surface area contributed by atoms with Gasteiger partial charge >= 0.3 is 0 Å². The van der Waals surface area contributed by atoms with E-state index >= 15 is 0 Å². The summed E-state index contributed by atoms with van der Waals surface area (Å²) in [5, 5.41) is 13.4. The van der Waals surface area contributed by atoms with Gasteiger partial charge in [-0.2, -0.15) is 10.1 Å². The Morgan fingerprint density at radius 2 is 2.04 bits per heavy atom. The lowest BCUT2D eigenvalue weighted by atomic mass is 10.2. The Balaban J connectivity index is 1.75. The van der Waals surface area contributed by atoms with Gasteiger partial charge in [0.05, 0.1) is 0 Å². The van der Waals surface area contributed by atoms with Crippen molar-refractivity contribution in [2.24, 2.45) is 0 Å². The van der Waals surface area contributed by atoms with Crippen molar-refractivity contribution in [3.05, 3.63) is 58.9 Å². The molecule has 0 aliphatic carbocycles. The van der Waals surface area contributed by atoms with Crippen molar-refractivity contribution in [1.29, 1.82) is 0 Å². The molecule has 0 atom stereocenters. The minimum atomic E-state index is -0.355. The fourth-order valence-electron chi connectivity index (χ4n) is 2.16. The summed E-state index contributed by atoms with van der Waals surface area (Å²) in [6.45, 7) is 0.219. The molecule has 0 aliphatic heterocycles. The van der Waals surface area contributed by atoms with Crippen LogP contribution in [0.1, 0.15) is 5.56 Å². The number of nitrogens with zero attached hydrogens (tertiary/aromatic N) is 2. The van der Waals surface area contributed by atoms with Crippen LogP contribution in [-0.2, 0) is 6.54 Å². The number of hydrogen-bond donors (Lipinski definition) is 3. The number of H-pyrrole nitrogens is 1. The topological polar surface area (TPSA) is 65.6 Å². The Kier molecular flexibility index (Phi) is 4.43. The summed E-state index contributed by atoms with van der Waals surface area (Å²) in [5.41, 5.74) is 2.24. The first-order valence-electron chi connectivity index (χ1n) is 7.04. The highest BCUT2D eigenvalue weighted by Gasteiger charge is 2.09. The van der Waals surface area contributed by atoms with E-state index in [1.54, 1.807) is 12.1 Å². The molecule has 5 nitrogen and oxygen atoms in total.